The summed E-state index contributed by atoms with van der Waals surface area (Å²) in [4.78, 5) is 16.8. The van der Waals surface area contributed by atoms with Gasteiger partial charge in [0.05, 0.1) is 11.6 Å². The molecule has 3 nitrogen and oxygen atoms in total. The Morgan fingerprint density at radius 3 is 2.77 bits per heavy atom. The molecule has 31 heavy (non-hydrogen) atoms. The third-order valence-electron chi connectivity index (χ3n) is 6.12. The minimum atomic E-state index is -0.858. The number of hydrogen-bond donors (Lipinski definition) is 0. The number of carbonyl (C=O) groups excluding carboxylic acids is 1. The lowest BCUT2D eigenvalue weighted by molar-refractivity contribution is 0.0666. The van der Waals surface area contributed by atoms with E-state index in [1.54, 1.807) is 17.4 Å². The minimum absolute atomic E-state index is 0.0185. The second kappa shape index (κ2) is 7.93. The van der Waals surface area contributed by atoms with Crippen molar-refractivity contribution in [3.63, 3.8) is 0 Å². The fraction of sp³-hybridized carbons (Fsp3) is 0.240. The van der Waals surface area contributed by atoms with E-state index >= 15 is 0 Å². The van der Waals surface area contributed by atoms with Gasteiger partial charge in [-0.1, -0.05) is 24.3 Å². The Morgan fingerprint density at radius 2 is 1.97 bits per heavy atom. The molecule has 0 N–H and O–H groups in total. The Bertz CT molecular complexity index is 1280. The zero-order valence-electron chi connectivity index (χ0n) is 17.1. The van der Waals surface area contributed by atoms with Crippen molar-refractivity contribution in [3.8, 4) is 0 Å². The Morgan fingerprint density at radius 1 is 1.13 bits per heavy atom. The first-order valence-corrected chi connectivity index (χ1v) is 11.3. The molecular formula is C25H22F2N2OS. The highest BCUT2D eigenvalue weighted by Crippen LogP contribution is 2.38. The molecule has 1 atom stereocenters. The predicted octanol–water partition coefficient (Wildman–Crippen LogP) is 5.98. The van der Waals surface area contributed by atoms with E-state index in [-0.39, 0.29) is 11.9 Å². The summed E-state index contributed by atoms with van der Waals surface area (Å²) in [5, 5.41) is 2.98. The van der Waals surface area contributed by atoms with Gasteiger partial charge in [0.25, 0.3) is 5.91 Å². The van der Waals surface area contributed by atoms with E-state index in [0.29, 0.717) is 24.1 Å². The fourth-order valence-electron chi connectivity index (χ4n) is 4.55. The molecule has 1 unspecified atom stereocenters. The van der Waals surface area contributed by atoms with E-state index in [1.165, 1.54) is 11.6 Å². The van der Waals surface area contributed by atoms with Crippen molar-refractivity contribution in [2.45, 2.75) is 32.4 Å². The van der Waals surface area contributed by atoms with Gasteiger partial charge in [-0.25, -0.2) is 8.78 Å². The second-order valence-corrected chi connectivity index (χ2v) is 8.82. The molecule has 1 amide bonds. The fourth-order valence-corrected chi connectivity index (χ4v) is 5.62. The van der Waals surface area contributed by atoms with Crippen LogP contribution in [0.2, 0.25) is 0 Å². The van der Waals surface area contributed by atoms with Crippen LogP contribution in [0.25, 0.3) is 10.9 Å². The van der Waals surface area contributed by atoms with Crippen LogP contribution >= 0.6 is 11.3 Å². The number of fused-ring (bicyclic) bond motifs is 2. The maximum absolute atomic E-state index is 13.9. The summed E-state index contributed by atoms with van der Waals surface area (Å²) in [6, 6.07) is 13.8. The molecule has 2 aromatic carbocycles. The Balaban J connectivity index is 1.55. The van der Waals surface area contributed by atoms with Crippen molar-refractivity contribution in [1.29, 1.82) is 0 Å². The monoisotopic (exact) mass is 436 g/mol. The maximum Gasteiger partial charge on any atom is 0.256 e. The maximum atomic E-state index is 13.9. The molecule has 6 heteroatoms. The average Bonchev–Trinajstić information content (AvgIpc) is 3.41. The standard InChI is InChI=1S/C25H22F2N2OS/c1-2-28-15-19(18-5-3-4-6-22(18)28)25(30)29-11-9-17-10-12-31-24(17)23(29)14-16-7-8-20(26)21(27)13-16/h3-8,10,12-13,15,23H,2,9,11,14H2,1H3. The van der Waals surface area contributed by atoms with E-state index in [2.05, 4.69) is 17.6 Å². The molecule has 158 valence electrons. The highest BCUT2D eigenvalue weighted by molar-refractivity contribution is 7.10. The number of carbonyl (C=O) groups is 1. The predicted molar refractivity (Wildman–Crippen MR) is 119 cm³/mol. The largest absolute Gasteiger partial charge is 0.347 e. The van der Waals surface area contributed by atoms with Crippen molar-refractivity contribution in [1.82, 2.24) is 9.47 Å². The number of nitrogens with zero attached hydrogens (tertiary/aromatic N) is 2. The van der Waals surface area contributed by atoms with E-state index in [1.807, 2.05) is 40.7 Å². The molecule has 0 aliphatic carbocycles. The Kier molecular flexibility index (Phi) is 5.10. The number of para-hydroxylation sites is 1. The van der Waals surface area contributed by atoms with E-state index in [4.69, 9.17) is 0 Å². The van der Waals surface area contributed by atoms with Crippen molar-refractivity contribution in [2.24, 2.45) is 0 Å². The van der Waals surface area contributed by atoms with Gasteiger partial charge < -0.3 is 9.47 Å². The molecule has 3 heterocycles. The molecule has 4 aromatic rings. The summed E-state index contributed by atoms with van der Waals surface area (Å²) in [6.45, 7) is 3.44. The van der Waals surface area contributed by atoms with Crippen LogP contribution in [0.3, 0.4) is 0 Å². The molecule has 0 spiro atoms. The number of aromatic nitrogens is 1. The number of aryl methyl sites for hydroxylation is 1. The van der Waals surface area contributed by atoms with E-state index in [9.17, 15) is 13.6 Å². The highest BCUT2D eigenvalue weighted by Gasteiger charge is 2.33. The quantitative estimate of drug-likeness (QED) is 0.386. The zero-order chi connectivity index (χ0) is 21.5. The van der Waals surface area contributed by atoms with E-state index < -0.39 is 11.6 Å². The van der Waals surface area contributed by atoms with Crippen LogP contribution in [0.4, 0.5) is 8.78 Å². The van der Waals surface area contributed by atoms with Gasteiger partial charge in [-0.3, -0.25) is 4.79 Å². The van der Waals surface area contributed by atoms with Gasteiger partial charge in [0.15, 0.2) is 11.6 Å². The molecule has 0 bridgehead atoms. The van der Waals surface area contributed by atoms with Crippen LogP contribution in [0.5, 0.6) is 0 Å². The number of thiophene rings is 1. The van der Waals surface area contributed by atoms with Gasteiger partial charge in [0, 0.05) is 35.1 Å². The lowest BCUT2D eigenvalue weighted by Crippen LogP contribution is -2.40. The number of amides is 1. The number of hydrogen-bond acceptors (Lipinski definition) is 2. The lowest BCUT2D eigenvalue weighted by atomic mass is 9.94. The SMILES string of the molecule is CCn1cc(C(=O)N2CCc3ccsc3C2Cc2ccc(F)c(F)c2)c2ccccc21. The first-order valence-electron chi connectivity index (χ1n) is 10.5. The van der Waals surface area contributed by atoms with Gasteiger partial charge >= 0.3 is 0 Å². The molecule has 1 aliphatic heterocycles. The smallest absolute Gasteiger partial charge is 0.256 e. The molecule has 0 radical (unpaired) electrons. The zero-order valence-corrected chi connectivity index (χ0v) is 18.0. The van der Waals surface area contributed by atoms with Gasteiger partial charge in [0.1, 0.15) is 0 Å². The summed E-state index contributed by atoms with van der Waals surface area (Å²) in [6.07, 6.45) is 3.18. The van der Waals surface area contributed by atoms with Crippen LogP contribution in [-0.2, 0) is 19.4 Å². The van der Waals surface area contributed by atoms with Gasteiger partial charge in [0.2, 0.25) is 0 Å². The molecular weight excluding hydrogens is 414 g/mol. The summed E-state index contributed by atoms with van der Waals surface area (Å²) in [7, 11) is 0. The van der Waals surface area contributed by atoms with Crippen LogP contribution in [-0.4, -0.2) is 21.9 Å². The minimum Gasteiger partial charge on any atom is -0.347 e. The van der Waals surface area contributed by atoms with Gasteiger partial charge in [-0.2, -0.15) is 0 Å². The van der Waals surface area contributed by atoms with Crippen LogP contribution in [0.1, 0.15) is 39.3 Å². The molecule has 5 rings (SSSR count). The lowest BCUT2D eigenvalue weighted by Gasteiger charge is -2.36. The van der Waals surface area contributed by atoms with Crippen molar-refractivity contribution >= 4 is 28.1 Å². The summed E-state index contributed by atoms with van der Waals surface area (Å²) < 4.78 is 29.4. The second-order valence-electron chi connectivity index (χ2n) is 7.87. The summed E-state index contributed by atoms with van der Waals surface area (Å²) >= 11 is 1.62. The molecule has 0 saturated heterocycles. The number of benzene rings is 2. The highest BCUT2D eigenvalue weighted by atomic mass is 32.1. The first kappa shape index (κ1) is 19.9. The van der Waals surface area contributed by atoms with E-state index in [0.717, 1.165) is 34.8 Å². The van der Waals surface area contributed by atoms with Gasteiger partial charge in [-0.05, 0) is 60.5 Å². The molecule has 1 aliphatic rings. The van der Waals surface area contributed by atoms with Gasteiger partial charge in [-0.15, -0.1) is 11.3 Å². The topological polar surface area (TPSA) is 25.2 Å². The molecule has 0 fully saturated rings. The van der Waals surface area contributed by atoms with Crippen molar-refractivity contribution < 1.29 is 13.6 Å². The number of rotatable bonds is 4. The summed E-state index contributed by atoms with van der Waals surface area (Å²) in [5.74, 6) is -1.73. The average molecular weight is 437 g/mol. The third-order valence-corrected chi connectivity index (χ3v) is 7.18. The van der Waals surface area contributed by atoms with Crippen LogP contribution in [0, 0.1) is 11.6 Å². The van der Waals surface area contributed by atoms with Crippen LogP contribution < -0.4 is 0 Å². The first-order chi connectivity index (χ1) is 15.1. The van der Waals surface area contributed by atoms with Crippen LogP contribution in [0.15, 0.2) is 60.1 Å². The Labute approximate surface area is 183 Å². The van der Waals surface area contributed by atoms with Crippen molar-refractivity contribution in [3.05, 3.63) is 93.3 Å². The Hall–Kier alpha value is -2.99. The number of halogens is 2. The normalized spacial score (nSPS) is 16.0. The van der Waals surface area contributed by atoms with Crippen molar-refractivity contribution in [2.75, 3.05) is 6.54 Å². The molecule has 2 aromatic heterocycles. The molecule has 0 saturated carbocycles. The third kappa shape index (κ3) is 3.45. The summed E-state index contributed by atoms with van der Waals surface area (Å²) in [5.41, 5.74) is 3.64.